The van der Waals surface area contributed by atoms with Crippen LogP contribution in [0.3, 0.4) is 0 Å². The highest BCUT2D eigenvalue weighted by molar-refractivity contribution is 6.33. The van der Waals surface area contributed by atoms with E-state index in [0.29, 0.717) is 5.56 Å². The van der Waals surface area contributed by atoms with Gasteiger partial charge in [-0.3, -0.25) is 0 Å². The highest BCUT2D eigenvalue weighted by Gasteiger charge is 2.10. The van der Waals surface area contributed by atoms with Gasteiger partial charge in [0.15, 0.2) is 0 Å². The zero-order valence-corrected chi connectivity index (χ0v) is 7.71. The van der Waals surface area contributed by atoms with Gasteiger partial charge in [-0.05, 0) is 17.7 Å². The summed E-state index contributed by atoms with van der Waals surface area (Å²) in [6, 6.07) is 4.54. The Hall–Kier alpha value is -1.06. The maximum atomic E-state index is 11.1. The number of carbonyl (C=O) groups excluding carboxylic acids is 1. The van der Waals surface area contributed by atoms with E-state index < -0.39 is 5.97 Å². The molecule has 3 nitrogen and oxygen atoms in total. The number of carbonyl (C=O) groups is 1. The number of aliphatic hydroxyl groups excluding tert-OH is 1. The van der Waals surface area contributed by atoms with Crippen LogP contribution in [-0.4, -0.2) is 18.2 Å². The van der Waals surface area contributed by atoms with Crippen molar-refractivity contribution < 1.29 is 14.6 Å². The monoisotopic (exact) mass is 199 g/mol. The fraction of sp³-hybridized carbons (Fsp3) is 0.111. The second-order valence-corrected chi connectivity index (χ2v) is 2.77. The van der Waals surface area contributed by atoms with Crippen LogP contribution in [-0.2, 0) is 4.74 Å². The number of rotatable bonds is 2. The third kappa shape index (κ3) is 2.20. The van der Waals surface area contributed by atoms with E-state index in [9.17, 15) is 4.79 Å². The van der Waals surface area contributed by atoms with Crippen LogP contribution in [0.15, 0.2) is 18.2 Å². The Morgan fingerprint density at radius 2 is 2.31 bits per heavy atom. The van der Waals surface area contributed by atoms with Crippen molar-refractivity contribution in [1.82, 2.24) is 0 Å². The van der Waals surface area contributed by atoms with E-state index in [1.807, 2.05) is 0 Å². The smallest absolute Gasteiger partial charge is 0.339 e. The molecule has 0 aliphatic heterocycles. The molecule has 0 heterocycles. The average molecular weight is 200 g/mol. The van der Waals surface area contributed by atoms with Crippen molar-refractivity contribution in [2.45, 2.75) is 0 Å². The third-order valence-electron chi connectivity index (χ3n) is 1.55. The zero-order valence-electron chi connectivity index (χ0n) is 6.95. The summed E-state index contributed by atoms with van der Waals surface area (Å²) in [5.74, 6) is -0.491. The highest BCUT2D eigenvalue weighted by Crippen LogP contribution is 2.18. The molecule has 0 bridgehead atoms. The van der Waals surface area contributed by atoms with Crippen molar-refractivity contribution in [1.29, 1.82) is 0 Å². The minimum Gasteiger partial charge on any atom is -0.465 e. The number of hydrogen-bond donors (Lipinski definition) is 1. The lowest BCUT2D eigenvalue weighted by Gasteiger charge is -2.02. The Labute approximate surface area is 80.9 Å². The fourth-order valence-electron chi connectivity index (χ4n) is 0.887. The first-order valence-corrected chi connectivity index (χ1v) is 3.92. The maximum absolute atomic E-state index is 11.1. The maximum Gasteiger partial charge on any atom is 0.339 e. The van der Waals surface area contributed by atoms with Crippen molar-refractivity contribution in [2.24, 2.45) is 0 Å². The molecule has 0 aliphatic rings. The molecule has 0 fully saturated rings. The van der Waals surface area contributed by atoms with Crippen LogP contribution in [0.5, 0.6) is 0 Å². The van der Waals surface area contributed by atoms with Crippen molar-refractivity contribution in [3.8, 4) is 0 Å². The summed E-state index contributed by atoms with van der Waals surface area (Å²) in [7, 11) is 1.28. The molecule has 0 amide bonds. The molecule has 0 saturated heterocycles. The zero-order chi connectivity index (χ0) is 9.84. The molecule has 69 valence electrons. The first kappa shape index (κ1) is 10.0. The molecule has 0 aromatic heterocycles. The number of halogens is 1. The molecule has 1 aromatic carbocycles. The van der Waals surface area contributed by atoms with Crippen molar-refractivity contribution in [2.75, 3.05) is 7.11 Å². The van der Waals surface area contributed by atoms with E-state index in [1.165, 1.54) is 19.2 Å². The van der Waals surface area contributed by atoms with Crippen LogP contribution >= 0.6 is 11.6 Å². The van der Waals surface area contributed by atoms with Crippen molar-refractivity contribution in [3.63, 3.8) is 0 Å². The fourth-order valence-corrected chi connectivity index (χ4v) is 1.15. The summed E-state index contributed by atoms with van der Waals surface area (Å²) < 4.78 is 4.49. The number of esters is 1. The SMILES string of the molecule is COC(=O)c1ccc([CH]O)cc1Cl. The lowest BCUT2D eigenvalue weighted by molar-refractivity contribution is 0.0601. The van der Waals surface area contributed by atoms with Crippen LogP contribution < -0.4 is 0 Å². The van der Waals surface area contributed by atoms with Crippen LogP contribution in [0.2, 0.25) is 5.02 Å². The highest BCUT2D eigenvalue weighted by atomic mass is 35.5. The number of ether oxygens (including phenoxy) is 1. The van der Waals surface area contributed by atoms with Gasteiger partial charge >= 0.3 is 5.97 Å². The number of hydrogen-bond acceptors (Lipinski definition) is 3. The Morgan fingerprint density at radius 1 is 1.62 bits per heavy atom. The number of methoxy groups -OCH3 is 1. The normalized spacial score (nSPS) is 9.77. The van der Waals surface area contributed by atoms with Crippen LogP contribution in [0.25, 0.3) is 0 Å². The summed E-state index contributed by atoms with van der Waals surface area (Å²) in [5.41, 5.74) is 0.826. The van der Waals surface area contributed by atoms with E-state index in [-0.39, 0.29) is 10.6 Å². The Kier molecular flexibility index (Phi) is 3.28. The van der Waals surface area contributed by atoms with Gasteiger partial charge in [-0.2, -0.15) is 0 Å². The van der Waals surface area contributed by atoms with Gasteiger partial charge in [0, 0.05) is 0 Å². The van der Waals surface area contributed by atoms with Crippen LogP contribution in [0, 0.1) is 6.61 Å². The summed E-state index contributed by atoms with van der Waals surface area (Å²) in [5, 5.41) is 8.91. The van der Waals surface area contributed by atoms with E-state index in [4.69, 9.17) is 16.7 Å². The largest absolute Gasteiger partial charge is 0.465 e. The van der Waals surface area contributed by atoms with Gasteiger partial charge < -0.3 is 9.84 Å². The second kappa shape index (κ2) is 4.25. The molecular weight excluding hydrogens is 192 g/mol. The van der Waals surface area contributed by atoms with Crippen molar-refractivity contribution >= 4 is 17.6 Å². The predicted octanol–water partition coefficient (Wildman–Crippen LogP) is 2.01. The molecule has 1 radical (unpaired) electrons. The standard InChI is InChI=1S/C9H8ClO3/c1-13-9(12)7-3-2-6(5-11)4-8(7)10/h2-5,11H,1H3. The van der Waals surface area contributed by atoms with Gasteiger partial charge in [0.2, 0.25) is 0 Å². The van der Waals surface area contributed by atoms with E-state index in [2.05, 4.69) is 4.74 Å². The molecule has 1 aromatic rings. The number of benzene rings is 1. The molecule has 1 N–H and O–H groups in total. The molecule has 0 aliphatic carbocycles. The minimum atomic E-state index is -0.491. The molecule has 4 heteroatoms. The summed E-state index contributed by atoms with van der Waals surface area (Å²) in [6.07, 6.45) is 0. The third-order valence-corrected chi connectivity index (χ3v) is 1.86. The summed E-state index contributed by atoms with van der Waals surface area (Å²) in [4.78, 5) is 11.1. The van der Waals surface area contributed by atoms with E-state index in [1.54, 1.807) is 6.07 Å². The van der Waals surface area contributed by atoms with Gasteiger partial charge in [-0.25, -0.2) is 4.79 Å². The Morgan fingerprint density at radius 3 is 2.77 bits per heavy atom. The molecule has 0 atom stereocenters. The minimum absolute atomic E-state index is 0.259. The van der Waals surface area contributed by atoms with E-state index >= 15 is 0 Å². The summed E-state index contributed by atoms with van der Waals surface area (Å²) >= 11 is 5.75. The lowest BCUT2D eigenvalue weighted by Crippen LogP contribution is -2.02. The van der Waals surface area contributed by atoms with Gasteiger partial charge in [-0.1, -0.05) is 17.7 Å². The topological polar surface area (TPSA) is 46.5 Å². The van der Waals surface area contributed by atoms with Gasteiger partial charge in [0.1, 0.15) is 6.61 Å². The first-order valence-electron chi connectivity index (χ1n) is 3.54. The lowest BCUT2D eigenvalue weighted by atomic mass is 10.1. The van der Waals surface area contributed by atoms with E-state index in [0.717, 1.165) is 6.61 Å². The first-order chi connectivity index (χ1) is 6.19. The molecule has 0 spiro atoms. The molecule has 0 saturated carbocycles. The molecular formula is C9H8ClO3. The molecule has 13 heavy (non-hydrogen) atoms. The summed E-state index contributed by atoms with van der Waals surface area (Å²) in [6.45, 7) is 0.910. The Balaban J connectivity index is 3.05. The quantitative estimate of drug-likeness (QED) is 0.742. The average Bonchev–Trinajstić information content (AvgIpc) is 2.16. The number of aliphatic hydroxyl groups is 1. The van der Waals surface area contributed by atoms with Crippen LogP contribution in [0.4, 0.5) is 0 Å². The van der Waals surface area contributed by atoms with Gasteiger partial charge in [-0.15, -0.1) is 0 Å². The molecule has 0 unspecified atom stereocenters. The van der Waals surface area contributed by atoms with Crippen molar-refractivity contribution in [3.05, 3.63) is 41.0 Å². The Bertz CT molecular complexity index is 323. The van der Waals surface area contributed by atoms with Gasteiger partial charge in [0.05, 0.1) is 17.7 Å². The second-order valence-electron chi connectivity index (χ2n) is 2.36. The molecule has 1 rings (SSSR count). The van der Waals surface area contributed by atoms with Gasteiger partial charge in [0.25, 0.3) is 0 Å². The van der Waals surface area contributed by atoms with Crippen LogP contribution in [0.1, 0.15) is 15.9 Å². The predicted molar refractivity (Wildman–Crippen MR) is 48.1 cm³/mol.